The zero-order chi connectivity index (χ0) is 21.7. The second kappa shape index (κ2) is 10.2. The fourth-order valence-corrected chi connectivity index (χ4v) is 4.64. The minimum Gasteiger partial charge on any atom is -0.493 e. The molecule has 4 nitrogen and oxygen atoms in total. The average Bonchev–Trinajstić information content (AvgIpc) is 2.78. The standard InChI is InChI=1S/C25H32ClNO3/c1-5-7-10-17(6-2)25(28)27-14-13-18-15-22(29-3)23(30-4)16-20(18)24(27)19-11-8-9-12-21(19)26/h8-9,11-12,15-17,24H,5-7,10,13-14H2,1-4H3/t17-,24+/m0/s1. The Morgan fingerprint density at radius 2 is 1.83 bits per heavy atom. The molecule has 0 aliphatic carbocycles. The van der Waals surface area contributed by atoms with Gasteiger partial charge in [-0.05, 0) is 54.2 Å². The molecule has 0 saturated carbocycles. The van der Waals surface area contributed by atoms with Gasteiger partial charge in [-0.25, -0.2) is 0 Å². The molecule has 0 spiro atoms. The highest BCUT2D eigenvalue weighted by molar-refractivity contribution is 6.31. The summed E-state index contributed by atoms with van der Waals surface area (Å²) in [6, 6.07) is 11.6. The Kier molecular flexibility index (Phi) is 7.65. The van der Waals surface area contributed by atoms with Gasteiger partial charge < -0.3 is 14.4 Å². The van der Waals surface area contributed by atoms with Crippen molar-refractivity contribution >= 4 is 17.5 Å². The lowest BCUT2D eigenvalue weighted by atomic mass is 9.86. The molecule has 0 saturated heterocycles. The van der Waals surface area contributed by atoms with Crippen molar-refractivity contribution in [1.29, 1.82) is 0 Å². The first kappa shape index (κ1) is 22.5. The Hall–Kier alpha value is -2.20. The summed E-state index contributed by atoms with van der Waals surface area (Å²) in [7, 11) is 3.28. The number of carbonyl (C=O) groups is 1. The van der Waals surface area contributed by atoms with E-state index in [0.29, 0.717) is 23.1 Å². The van der Waals surface area contributed by atoms with Crippen LogP contribution in [0.15, 0.2) is 36.4 Å². The molecule has 0 aromatic heterocycles. The predicted molar refractivity (Wildman–Crippen MR) is 122 cm³/mol. The van der Waals surface area contributed by atoms with E-state index < -0.39 is 0 Å². The molecule has 0 fully saturated rings. The highest BCUT2D eigenvalue weighted by atomic mass is 35.5. The molecule has 0 unspecified atom stereocenters. The molecule has 2 aromatic carbocycles. The summed E-state index contributed by atoms with van der Waals surface area (Å²) in [5, 5.41) is 0.671. The molecule has 0 N–H and O–H groups in total. The van der Waals surface area contributed by atoms with Crippen molar-refractivity contribution in [2.75, 3.05) is 20.8 Å². The number of hydrogen-bond acceptors (Lipinski definition) is 3. The van der Waals surface area contributed by atoms with Crippen LogP contribution in [0, 0.1) is 5.92 Å². The number of ether oxygens (including phenoxy) is 2. The van der Waals surface area contributed by atoms with E-state index in [2.05, 4.69) is 13.8 Å². The first-order chi connectivity index (χ1) is 14.5. The number of halogens is 1. The van der Waals surface area contributed by atoms with Crippen LogP contribution in [0.5, 0.6) is 11.5 Å². The number of amides is 1. The molecule has 2 atom stereocenters. The van der Waals surface area contributed by atoms with E-state index in [9.17, 15) is 4.79 Å². The topological polar surface area (TPSA) is 38.8 Å². The highest BCUT2D eigenvalue weighted by Gasteiger charge is 2.36. The number of hydrogen-bond donors (Lipinski definition) is 0. The molecule has 3 rings (SSSR count). The number of fused-ring (bicyclic) bond motifs is 1. The fourth-order valence-electron chi connectivity index (χ4n) is 4.40. The predicted octanol–water partition coefficient (Wildman–Crippen LogP) is 6.05. The maximum atomic E-state index is 13.6. The van der Waals surface area contributed by atoms with Crippen molar-refractivity contribution in [1.82, 2.24) is 4.90 Å². The largest absolute Gasteiger partial charge is 0.493 e. The van der Waals surface area contributed by atoms with E-state index in [0.717, 1.165) is 43.2 Å². The van der Waals surface area contributed by atoms with Crippen LogP contribution in [0.2, 0.25) is 5.02 Å². The lowest BCUT2D eigenvalue weighted by Gasteiger charge is -2.40. The quantitative estimate of drug-likeness (QED) is 0.512. The molecule has 1 heterocycles. The van der Waals surface area contributed by atoms with Crippen LogP contribution in [0.1, 0.15) is 62.3 Å². The van der Waals surface area contributed by atoms with E-state index in [-0.39, 0.29) is 17.9 Å². The molecule has 0 bridgehead atoms. The minimum absolute atomic E-state index is 0.0385. The summed E-state index contributed by atoms with van der Waals surface area (Å²) in [4.78, 5) is 15.7. The highest BCUT2D eigenvalue weighted by Crippen LogP contribution is 2.43. The number of unbranched alkanes of at least 4 members (excludes halogenated alkanes) is 1. The second-order valence-corrected chi connectivity index (χ2v) is 8.27. The van der Waals surface area contributed by atoms with Crippen LogP contribution in [0.25, 0.3) is 0 Å². The molecule has 1 amide bonds. The first-order valence-corrected chi connectivity index (χ1v) is 11.2. The first-order valence-electron chi connectivity index (χ1n) is 10.8. The van der Waals surface area contributed by atoms with Gasteiger partial charge in [-0.3, -0.25) is 4.79 Å². The molecule has 1 aliphatic rings. The van der Waals surface area contributed by atoms with Crippen molar-refractivity contribution in [3.05, 3.63) is 58.1 Å². The molecule has 162 valence electrons. The van der Waals surface area contributed by atoms with Crippen LogP contribution in [0.3, 0.4) is 0 Å². The number of benzene rings is 2. The summed E-state index contributed by atoms with van der Waals surface area (Å²) in [6.07, 6.45) is 4.72. The third-order valence-electron chi connectivity index (χ3n) is 6.10. The molecular weight excluding hydrogens is 398 g/mol. The van der Waals surface area contributed by atoms with Crippen LogP contribution < -0.4 is 9.47 Å². The van der Waals surface area contributed by atoms with Gasteiger partial charge in [0, 0.05) is 17.5 Å². The fraction of sp³-hybridized carbons (Fsp3) is 0.480. The van der Waals surface area contributed by atoms with E-state index >= 15 is 0 Å². The van der Waals surface area contributed by atoms with Crippen LogP contribution in [-0.4, -0.2) is 31.6 Å². The van der Waals surface area contributed by atoms with E-state index in [4.69, 9.17) is 21.1 Å². The summed E-state index contributed by atoms with van der Waals surface area (Å²) in [5.74, 6) is 1.64. The van der Waals surface area contributed by atoms with Gasteiger partial charge in [-0.15, -0.1) is 0 Å². The minimum atomic E-state index is -0.231. The van der Waals surface area contributed by atoms with Gasteiger partial charge in [0.15, 0.2) is 11.5 Å². The molecular formula is C25H32ClNO3. The number of rotatable bonds is 8. The maximum absolute atomic E-state index is 13.6. The van der Waals surface area contributed by atoms with Gasteiger partial charge in [0.2, 0.25) is 5.91 Å². The van der Waals surface area contributed by atoms with Gasteiger partial charge in [0.05, 0.1) is 20.3 Å². The van der Waals surface area contributed by atoms with Crippen LogP contribution in [0.4, 0.5) is 0 Å². The lowest BCUT2D eigenvalue weighted by Crippen LogP contribution is -2.43. The molecule has 1 aliphatic heterocycles. The van der Waals surface area contributed by atoms with Crippen molar-refractivity contribution in [2.45, 2.75) is 52.0 Å². The summed E-state index contributed by atoms with van der Waals surface area (Å²) >= 11 is 6.63. The van der Waals surface area contributed by atoms with Crippen LogP contribution >= 0.6 is 11.6 Å². The summed E-state index contributed by atoms with van der Waals surface area (Å²) in [5.41, 5.74) is 3.18. The Bertz CT molecular complexity index is 883. The molecule has 30 heavy (non-hydrogen) atoms. The second-order valence-electron chi connectivity index (χ2n) is 7.86. The molecule has 0 radical (unpaired) electrons. The SMILES string of the molecule is CCCC[C@H](CC)C(=O)N1CCc2cc(OC)c(OC)cc2[C@H]1c1ccccc1Cl. The smallest absolute Gasteiger partial charge is 0.226 e. The zero-order valence-electron chi connectivity index (χ0n) is 18.4. The van der Waals surface area contributed by atoms with Crippen molar-refractivity contribution in [3.63, 3.8) is 0 Å². The lowest BCUT2D eigenvalue weighted by molar-refractivity contribution is -0.138. The average molecular weight is 430 g/mol. The Morgan fingerprint density at radius 1 is 1.13 bits per heavy atom. The number of carbonyl (C=O) groups excluding carboxylic acids is 1. The summed E-state index contributed by atoms with van der Waals surface area (Å²) in [6.45, 7) is 4.94. The summed E-state index contributed by atoms with van der Waals surface area (Å²) < 4.78 is 11.1. The van der Waals surface area contributed by atoms with Gasteiger partial charge in [-0.1, -0.05) is 56.5 Å². The van der Waals surface area contributed by atoms with Gasteiger partial charge >= 0.3 is 0 Å². The number of methoxy groups -OCH3 is 2. The van der Waals surface area contributed by atoms with E-state index in [1.165, 1.54) is 5.56 Å². The van der Waals surface area contributed by atoms with E-state index in [1.54, 1.807) is 14.2 Å². The monoisotopic (exact) mass is 429 g/mol. The third kappa shape index (κ3) is 4.44. The van der Waals surface area contributed by atoms with E-state index in [1.807, 2.05) is 41.3 Å². The van der Waals surface area contributed by atoms with Gasteiger partial charge in [-0.2, -0.15) is 0 Å². The van der Waals surface area contributed by atoms with Crippen molar-refractivity contribution < 1.29 is 14.3 Å². The molecule has 2 aromatic rings. The Labute approximate surface area is 185 Å². The normalized spacial score (nSPS) is 16.7. The Morgan fingerprint density at radius 3 is 2.47 bits per heavy atom. The van der Waals surface area contributed by atoms with Crippen molar-refractivity contribution in [2.24, 2.45) is 5.92 Å². The Balaban J connectivity index is 2.11. The zero-order valence-corrected chi connectivity index (χ0v) is 19.2. The molecule has 5 heteroatoms. The van der Waals surface area contributed by atoms with Crippen molar-refractivity contribution in [3.8, 4) is 11.5 Å². The number of nitrogens with zero attached hydrogens (tertiary/aromatic N) is 1. The third-order valence-corrected chi connectivity index (χ3v) is 6.45. The van der Waals surface area contributed by atoms with Gasteiger partial charge in [0.1, 0.15) is 0 Å². The maximum Gasteiger partial charge on any atom is 0.226 e. The van der Waals surface area contributed by atoms with Crippen LogP contribution in [-0.2, 0) is 11.2 Å². The van der Waals surface area contributed by atoms with Gasteiger partial charge in [0.25, 0.3) is 0 Å².